The maximum absolute atomic E-state index is 12.5. The van der Waals surface area contributed by atoms with Crippen molar-refractivity contribution in [1.82, 2.24) is 5.32 Å². The maximum atomic E-state index is 12.5. The number of fused-ring (bicyclic) bond motifs is 3. The van der Waals surface area contributed by atoms with Crippen molar-refractivity contribution in [3.63, 3.8) is 0 Å². The van der Waals surface area contributed by atoms with Crippen LogP contribution in [0.25, 0.3) is 11.1 Å². The fourth-order valence-electron chi connectivity index (χ4n) is 4.05. The molecule has 1 aliphatic carbocycles. The summed E-state index contributed by atoms with van der Waals surface area (Å²) in [6.45, 7) is 0.146. The van der Waals surface area contributed by atoms with Gasteiger partial charge in [-0.15, -0.1) is 4.91 Å². The van der Waals surface area contributed by atoms with Gasteiger partial charge >= 0.3 is 12.1 Å². The number of carbonyl (C=O) groups excluding carboxylic acids is 2. The molecule has 1 N–H and O–H groups in total. The Morgan fingerprint density at radius 3 is 2.09 bits per heavy atom. The molecule has 0 saturated heterocycles. The first-order valence-electron chi connectivity index (χ1n) is 10.2. The lowest BCUT2D eigenvalue weighted by atomic mass is 9.98. The van der Waals surface area contributed by atoms with E-state index in [0.717, 1.165) is 27.8 Å². The Balaban J connectivity index is 1.43. The van der Waals surface area contributed by atoms with E-state index in [1.165, 1.54) is 7.11 Å². The van der Waals surface area contributed by atoms with Crippen LogP contribution in [0, 0.1) is 4.91 Å². The summed E-state index contributed by atoms with van der Waals surface area (Å²) in [6, 6.07) is 21.6. The zero-order valence-electron chi connectivity index (χ0n) is 17.5. The van der Waals surface area contributed by atoms with Crippen LogP contribution in [0.5, 0.6) is 0 Å². The molecule has 3 aromatic carbocycles. The molecule has 0 spiro atoms. The SMILES string of the molecule is COC(=O)C(Cc1ccc(N=O)cc1)NC(=O)OCC1c2ccccc2-c2ccccc21. The van der Waals surface area contributed by atoms with Crippen LogP contribution in [-0.4, -0.2) is 31.8 Å². The van der Waals surface area contributed by atoms with Crippen molar-refractivity contribution >= 4 is 17.7 Å². The molecule has 1 atom stereocenters. The number of benzene rings is 3. The van der Waals surface area contributed by atoms with E-state index in [-0.39, 0.29) is 24.6 Å². The number of hydrogen-bond acceptors (Lipinski definition) is 6. The van der Waals surface area contributed by atoms with E-state index >= 15 is 0 Å². The van der Waals surface area contributed by atoms with Gasteiger partial charge in [-0.3, -0.25) is 0 Å². The second-order valence-electron chi connectivity index (χ2n) is 7.51. The summed E-state index contributed by atoms with van der Waals surface area (Å²) < 4.78 is 10.3. The fourth-order valence-corrected chi connectivity index (χ4v) is 4.05. The van der Waals surface area contributed by atoms with Gasteiger partial charge in [0.25, 0.3) is 0 Å². The Hall–Kier alpha value is -4.00. The summed E-state index contributed by atoms with van der Waals surface area (Å²) in [4.78, 5) is 35.3. The van der Waals surface area contributed by atoms with E-state index in [4.69, 9.17) is 9.47 Å². The van der Waals surface area contributed by atoms with E-state index in [1.807, 2.05) is 36.4 Å². The largest absolute Gasteiger partial charge is 0.467 e. The average Bonchev–Trinajstić information content (AvgIpc) is 3.16. The third kappa shape index (κ3) is 4.37. The molecule has 0 saturated carbocycles. The number of hydrogen-bond donors (Lipinski definition) is 1. The molecule has 0 bridgehead atoms. The number of esters is 1. The minimum atomic E-state index is -0.925. The second kappa shape index (κ2) is 9.43. The molecule has 7 heteroatoms. The van der Waals surface area contributed by atoms with E-state index in [9.17, 15) is 14.5 Å². The molecule has 4 rings (SSSR count). The number of amides is 1. The minimum Gasteiger partial charge on any atom is -0.467 e. The van der Waals surface area contributed by atoms with Crippen molar-refractivity contribution in [2.24, 2.45) is 5.18 Å². The van der Waals surface area contributed by atoms with Crippen molar-refractivity contribution in [2.45, 2.75) is 18.4 Å². The highest BCUT2D eigenvalue weighted by Gasteiger charge is 2.30. The smallest absolute Gasteiger partial charge is 0.407 e. The molecule has 7 nitrogen and oxygen atoms in total. The summed E-state index contributed by atoms with van der Waals surface area (Å²) in [5.41, 5.74) is 5.51. The summed E-state index contributed by atoms with van der Waals surface area (Å²) in [5.74, 6) is -0.663. The Morgan fingerprint density at radius 2 is 1.53 bits per heavy atom. The van der Waals surface area contributed by atoms with Gasteiger partial charge in [-0.05, 0) is 45.1 Å². The summed E-state index contributed by atoms with van der Waals surface area (Å²) >= 11 is 0. The second-order valence-corrected chi connectivity index (χ2v) is 7.51. The monoisotopic (exact) mass is 430 g/mol. The number of nitroso groups, excluding NO2 is 1. The molecule has 1 amide bonds. The van der Waals surface area contributed by atoms with Gasteiger partial charge in [0, 0.05) is 12.3 Å². The topological polar surface area (TPSA) is 94.1 Å². The standard InChI is InChI=1S/C25H22N2O5/c1-31-24(28)23(14-16-10-12-17(27-30)13-11-16)26-25(29)32-15-22-20-8-4-2-6-18(20)19-7-3-5-9-21(19)22/h2-13,22-23H,14-15H2,1H3,(H,26,29). The predicted octanol–water partition coefficient (Wildman–Crippen LogP) is 4.71. The van der Waals surface area contributed by atoms with Gasteiger partial charge in [0.15, 0.2) is 0 Å². The van der Waals surface area contributed by atoms with Crippen LogP contribution in [0.1, 0.15) is 22.6 Å². The molecular weight excluding hydrogens is 408 g/mol. The van der Waals surface area contributed by atoms with Crippen molar-refractivity contribution in [3.05, 3.63) is 94.4 Å². The number of carbonyl (C=O) groups is 2. The van der Waals surface area contributed by atoms with E-state index in [1.54, 1.807) is 24.3 Å². The number of rotatable bonds is 7. The van der Waals surface area contributed by atoms with E-state index in [2.05, 4.69) is 22.6 Å². The average molecular weight is 430 g/mol. The quantitative estimate of drug-likeness (QED) is 0.433. The molecule has 0 heterocycles. The van der Waals surface area contributed by atoms with Crippen molar-refractivity contribution in [3.8, 4) is 11.1 Å². The van der Waals surface area contributed by atoms with Crippen molar-refractivity contribution in [2.75, 3.05) is 13.7 Å². The Bertz CT molecular complexity index is 1100. The van der Waals surface area contributed by atoms with Crippen molar-refractivity contribution < 1.29 is 19.1 Å². The molecule has 162 valence electrons. The lowest BCUT2D eigenvalue weighted by molar-refractivity contribution is -0.143. The van der Waals surface area contributed by atoms with Crippen LogP contribution >= 0.6 is 0 Å². The molecular formula is C25H22N2O5. The zero-order valence-corrected chi connectivity index (χ0v) is 17.5. The first-order valence-corrected chi connectivity index (χ1v) is 10.2. The number of methoxy groups -OCH3 is 1. The highest BCUT2D eigenvalue weighted by molar-refractivity contribution is 5.82. The highest BCUT2D eigenvalue weighted by atomic mass is 16.6. The molecule has 32 heavy (non-hydrogen) atoms. The van der Waals surface area contributed by atoms with Gasteiger partial charge in [0.2, 0.25) is 0 Å². The van der Waals surface area contributed by atoms with Crippen LogP contribution in [-0.2, 0) is 20.7 Å². The zero-order chi connectivity index (χ0) is 22.5. The van der Waals surface area contributed by atoms with Gasteiger partial charge in [-0.2, -0.15) is 0 Å². The lowest BCUT2D eigenvalue weighted by Crippen LogP contribution is -2.43. The lowest BCUT2D eigenvalue weighted by Gasteiger charge is -2.18. The molecule has 0 aromatic heterocycles. The van der Waals surface area contributed by atoms with Crippen LogP contribution in [0.15, 0.2) is 78.0 Å². The van der Waals surface area contributed by atoms with E-state index in [0.29, 0.717) is 0 Å². The number of nitrogens with zero attached hydrogens (tertiary/aromatic N) is 1. The molecule has 0 radical (unpaired) electrons. The fraction of sp³-hybridized carbons (Fsp3) is 0.200. The number of nitrogens with one attached hydrogen (secondary N) is 1. The van der Waals surface area contributed by atoms with Gasteiger partial charge in [-0.25, -0.2) is 9.59 Å². The third-order valence-corrected chi connectivity index (χ3v) is 5.60. The van der Waals surface area contributed by atoms with Gasteiger partial charge in [0.05, 0.1) is 7.11 Å². The highest BCUT2D eigenvalue weighted by Crippen LogP contribution is 2.44. The third-order valence-electron chi connectivity index (χ3n) is 5.60. The predicted molar refractivity (Wildman–Crippen MR) is 120 cm³/mol. The summed E-state index contributed by atoms with van der Waals surface area (Å²) in [7, 11) is 1.26. The summed E-state index contributed by atoms with van der Waals surface area (Å²) in [6.07, 6.45) is -0.510. The van der Waals surface area contributed by atoms with Gasteiger partial charge < -0.3 is 14.8 Å². The normalized spacial score (nSPS) is 12.9. The maximum Gasteiger partial charge on any atom is 0.407 e. The Morgan fingerprint density at radius 1 is 0.938 bits per heavy atom. The Kier molecular flexibility index (Phi) is 6.26. The molecule has 0 aliphatic heterocycles. The number of ether oxygens (including phenoxy) is 2. The minimum absolute atomic E-state index is 0.0758. The Labute approximate surface area is 185 Å². The van der Waals surface area contributed by atoms with Crippen LogP contribution in [0.3, 0.4) is 0 Å². The van der Waals surface area contributed by atoms with Crippen molar-refractivity contribution in [1.29, 1.82) is 0 Å². The first kappa shape index (κ1) is 21.2. The van der Waals surface area contributed by atoms with Crippen LogP contribution in [0.2, 0.25) is 0 Å². The van der Waals surface area contributed by atoms with Gasteiger partial charge in [0.1, 0.15) is 18.3 Å². The molecule has 0 fully saturated rings. The number of alkyl carbamates (subject to hydrolysis) is 1. The van der Waals surface area contributed by atoms with Crippen LogP contribution in [0.4, 0.5) is 10.5 Å². The summed E-state index contributed by atoms with van der Waals surface area (Å²) in [5, 5.41) is 5.45. The molecule has 1 aliphatic rings. The van der Waals surface area contributed by atoms with E-state index < -0.39 is 18.1 Å². The molecule has 3 aromatic rings. The van der Waals surface area contributed by atoms with Gasteiger partial charge in [-0.1, -0.05) is 60.7 Å². The first-order chi connectivity index (χ1) is 15.6. The molecule has 1 unspecified atom stereocenters. The van der Waals surface area contributed by atoms with Crippen LogP contribution < -0.4 is 5.32 Å².